The Kier molecular flexibility index (Phi) is 5.09. The van der Waals surface area contributed by atoms with Gasteiger partial charge in [-0.05, 0) is 31.7 Å². The van der Waals surface area contributed by atoms with Gasteiger partial charge in [0.1, 0.15) is 0 Å². The van der Waals surface area contributed by atoms with E-state index in [4.69, 9.17) is 5.73 Å². The predicted molar refractivity (Wildman–Crippen MR) is 62.4 cm³/mol. The standard InChI is InChI=1S/C12H24N2O/c1-3-8-14(2)12(15)11-7-5-4-6-10(11)9-13/h10-11H,3-9,13H2,1-2H3. The molecule has 0 aromatic heterocycles. The molecule has 0 heterocycles. The van der Waals surface area contributed by atoms with Crippen LogP contribution in [-0.4, -0.2) is 30.9 Å². The van der Waals surface area contributed by atoms with E-state index in [0.29, 0.717) is 18.4 Å². The Bertz CT molecular complexity index is 206. The van der Waals surface area contributed by atoms with Crippen molar-refractivity contribution in [2.45, 2.75) is 39.0 Å². The third-order valence-corrected chi connectivity index (χ3v) is 3.46. The van der Waals surface area contributed by atoms with Crippen LogP contribution in [0, 0.1) is 11.8 Å². The molecule has 1 amide bonds. The van der Waals surface area contributed by atoms with E-state index < -0.39 is 0 Å². The van der Waals surface area contributed by atoms with Crippen LogP contribution in [-0.2, 0) is 4.79 Å². The Morgan fingerprint density at radius 3 is 2.67 bits per heavy atom. The number of carbonyl (C=O) groups is 1. The van der Waals surface area contributed by atoms with Crippen LogP contribution in [0.1, 0.15) is 39.0 Å². The number of carbonyl (C=O) groups excluding carboxylic acids is 1. The molecule has 3 heteroatoms. The van der Waals surface area contributed by atoms with Gasteiger partial charge >= 0.3 is 0 Å². The molecule has 2 atom stereocenters. The fourth-order valence-electron chi connectivity index (χ4n) is 2.54. The van der Waals surface area contributed by atoms with Crippen LogP contribution < -0.4 is 5.73 Å². The van der Waals surface area contributed by atoms with Gasteiger partial charge in [0, 0.05) is 19.5 Å². The van der Waals surface area contributed by atoms with Gasteiger partial charge in [0.2, 0.25) is 5.91 Å². The Labute approximate surface area is 93.0 Å². The lowest BCUT2D eigenvalue weighted by Crippen LogP contribution is -2.40. The van der Waals surface area contributed by atoms with Crippen molar-refractivity contribution in [2.75, 3.05) is 20.1 Å². The summed E-state index contributed by atoms with van der Waals surface area (Å²) in [7, 11) is 1.91. The number of nitrogens with zero attached hydrogens (tertiary/aromatic N) is 1. The molecule has 1 aliphatic carbocycles. The third kappa shape index (κ3) is 3.20. The van der Waals surface area contributed by atoms with Crippen LogP contribution in [0.15, 0.2) is 0 Å². The average molecular weight is 212 g/mol. The van der Waals surface area contributed by atoms with E-state index >= 15 is 0 Å². The minimum Gasteiger partial charge on any atom is -0.346 e. The van der Waals surface area contributed by atoms with Crippen molar-refractivity contribution in [3.63, 3.8) is 0 Å². The van der Waals surface area contributed by atoms with Crippen LogP contribution in [0.5, 0.6) is 0 Å². The highest BCUT2D eigenvalue weighted by Crippen LogP contribution is 2.30. The molecule has 0 bridgehead atoms. The smallest absolute Gasteiger partial charge is 0.225 e. The monoisotopic (exact) mass is 212 g/mol. The van der Waals surface area contributed by atoms with Crippen LogP contribution in [0.2, 0.25) is 0 Å². The van der Waals surface area contributed by atoms with Crippen molar-refractivity contribution in [3.05, 3.63) is 0 Å². The molecule has 1 fully saturated rings. The molecule has 0 spiro atoms. The molecule has 1 saturated carbocycles. The highest BCUT2D eigenvalue weighted by atomic mass is 16.2. The van der Waals surface area contributed by atoms with E-state index in [2.05, 4.69) is 6.92 Å². The highest BCUT2D eigenvalue weighted by molar-refractivity contribution is 5.79. The second kappa shape index (κ2) is 6.11. The SMILES string of the molecule is CCCN(C)C(=O)C1CCCCC1CN. The largest absolute Gasteiger partial charge is 0.346 e. The Balaban J connectivity index is 2.55. The first kappa shape index (κ1) is 12.5. The number of nitrogens with two attached hydrogens (primary N) is 1. The summed E-state index contributed by atoms with van der Waals surface area (Å²) in [6.07, 6.45) is 5.62. The Morgan fingerprint density at radius 2 is 2.07 bits per heavy atom. The Morgan fingerprint density at radius 1 is 1.40 bits per heavy atom. The maximum absolute atomic E-state index is 12.1. The van der Waals surface area contributed by atoms with Gasteiger partial charge in [-0.25, -0.2) is 0 Å². The third-order valence-electron chi connectivity index (χ3n) is 3.46. The van der Waals surface area contributed by atoms with Crippen LogP contribution in [0.4, 0.5) is 0 Å². The topological polar surface area (TPSA) is 46.3 Å². The van der Waals surface area contributed by atoms with Gasteiger partial charge in [-0.1, -0.05) is 19.8 Å². The molecule has 15 heavy (non-hydrogen) atoms. The van der Waals surface area contributed by atoms with E-state index in [0.717, 1.165) is 25.8 Å². The van der Waals surface area contributed by atoms with E-state index in [9.17, 15) is 4.79 Å². The van der Waals surface area contributed by atoms with Gasteiger partial charge in [0.15, 0.2) is 0 Å². The molecule has 1 aliphatic rings. The fraction of sp³-hybridized carbons (Fsp3) is 0.917. The van der Waals surface area contributed by atoms with Crippen molar-refractivity contribution in [1.29, 1.82) is 0 Å². The zero-order chi connectivity index (χ0) is 11.3. The van der Waals surface area contributed by atoms with E-state index in [-0.39, 0.29) is 5.92 Å². The summed E-state index contributed by atoms with van der Waals surface area (Å²) in [6.45, 7) is 3.63. The second-order valence-electron chi connectivity index (χ2n) is 4.65. The molecule has 0 radical (unpaired) electrons. The summed E-state index contributed by atoms with van der Waals surface area (Å²) in [5, 5.41) is 0. The normalized spacial score (nSPS) is 26.3. The molecule has 0 aliphatic heterocycles. The first-order valence-corrected chi connectivity index (χ1v) is 6.15. The van der Waals surface area contributed by atoms with Crippen LogP contribution in [0.25, 0.3) is 0 Å². The number of hydrogen-bond donors (Lipinski definition) is 1. The number of rotatable bonds is 4. The molecular weight excluding hydrogens is 188 g/mol. The maximum Gasteiger partial charge on any atom is 0.225 e. The molecular formula is C12H24N2O. The van der Waals surface area contributed by atoms with Gasteiger partial charge in [0.05, 0.1) is 0 Å². The van der Waals surface area contributed by atoms with E-state index in [1.54, 1.807) is 0 Å². The number of amides is 1. The molecule has 0 aromatic rings. The lowest BCUT2D eigenvalue weighted by molar-refractivity contribution is -0.137. The summed E-state index contributed by atoms with van der Waals surface area (Å²) in [4.78, 5) is 14.0. The van der Waals surface area contributed by atoms with Crippen molar-refractivity contribution >= 4 is 5.91 Å². The van der Waals surface area contributed by atoms with Crippen molar-refractivity contribution in [2.24, 2.45) is 17.6 Å². The van der Waals surface area contributed by atoms with E-state index in [1.807, 2.05) is 11.9 Å². The molecule has 3 nitrogen and oxygen atoms in total. The summed E-state index contributed by atoms with van der Waals surface area (Å²) in [6, 6.07) is 0. The Hall–Kier alpha value is -0.570. The molecule has 0 saturated heterocycles. The zero-order valence-electron chi connectivity index (χ0n) is 10.0. The maximum atomic E-state index is 12.1. The quantitative estimate of drug-likeness (QED) is 0.769. The second-order valence-corrected chi connectivity index (χ2v) is 4.65. The van der Waals surface area contributed by atoms with Crippen molar-refractivity contribution < 1.29 is 4.79 Å². The average Bonchev–Trinajstić information content (AvgIpc) is 2.28. The molecule has 2 N–H and O–H groups in total. The highest BCUT2D eigenvalue weighted by Gasteiger charge is 2.31. The lowest BCUT2D eigenvalue weighted by Gasteiger charge is -2.32. The van der Waals surface area contributed by atoms with Crippen LogP contribution in [0.3, 0.4) is 0 Å². The number of hydrogen-bond acceptors (Lipinski definition) is 2. The molecule has 0 aromatic carbocycles. The molecule has 1 rings (SSSR count). The minimum atomic E-state index is 0.195. The summed E-state index contributed by atoms with van der Waals surface area (Å²) >= 11 is 0. The first-order chi connectivity index (χ1) is 7.20. The van der Waals surface area contributed by atoms with Gasteiger partial charge in [-0.3, -0.25) is 4.79 Å². The zero-order valence-corrected chi connectivity index (χ0v) is 10.0. The first-order valence-electron chi connectivity index (χ1n) is 6.15. The summed E-state index contributed by atoms with van der Waals surface area (Å²) in [5.74, 6) is 0.929. The van der Waals surface area contributed by atoms with Gasteiger partial charge in [0.25, 0.3) is 0 Å². The summed E-state index contributed by atoms with van der Waals surface area (Å²) < 4.78 is 0. The summed E-state index contributed by atoms with van der Waals surface area (Å²) in [5.41, 5.74) is 5.73. The molecule has 88 valence electrons. The van der Waals surface area contributed by atoms with Crippen molar-refractivity contribution in [3.8, 4) is 0 Å². The predicted octanol–water partition coefficient (Wildman–Crippen LogP) is 1.62. The fourth-order valence-corrected chi connectivity index (χ4v) is 2.54. The van der Waals surface area contributed by atoms with Gasteiger partial charge in [-0.2, -0.15) is 0 Å². The van der Waals surface area contributed by atoms with Crippen LogP contribution >= 0.6 is 0 Å². The van der Waals surface area contributed by atoms with Crippen molar-refractivity contribution in [1.82, 2.24) is 4.90 Å². The van der Waals surface area contributed by atoms with Gasteiger partial charge in [-0.15, -0.1) is 0 Å². The molecule has 2 unspecified atom stereocenters. The van der Waals surface area contributed by atoms with Gasteiger partial charge < -0.3 is 10.6 Å². The minimum absolute atomic E-state index is 0.195. The van der Waals surface area contributed by atoms with E-state index in [1.165, 1.54) is 12.8 Å². The lowest BCUT2D eigenvalue weighted by atomic mass is 9.78.